The van der Waals surface area contributed by atoms with Gasteiger partial charge in [0.15, 0.2) is 0 Å². The number of rotatable bonds is 5. The van der Waals surface area contributed by atoms with Crippen molar-refractivity contribution in [3.05, 3.63) is 29.6 Å². The molecule has 1 atom stereocenters. The lowest BCUT2D eigenvalue weighted by molar-refractivity contribution is 0.102. The molecule has 0 heterocycles. The van der Waals surface area contributed by atoms with Crippen LogP contribution in [-0.4, -0.2) is 12.6 Å². The average molecular weight is 239 g/mol. The number of hydrogen-bond donors (Lipinski definition) is 1. The summed E-state index contributed by atoms with van der Waals surface area (Å²) in [6.07, 6.45) is 0.872. The molecule has 0 aliphatic heterocycles. The van der Waals surface area contributed by atoms with Crippen molar-refractivity contribution in [1.82, 2.24) is 5.32 Å². The predicted octanol–water partition coefficient (Wildman–Crippen LogP) is 3.67. The van der Waals surface area contributed by atoms with Gasteiger partial charge in [-0.25, -0.2) is 4.39 Å². The molecule has 1 aromatic rings. The monoisotopic (exact) mass is 239 g/mol. The van der Waals surface area contributed by atoms with Gasteiger partial charge in [-0.1, -0.05) is 13.0 Å². The maximum Gasteiger partial charge on any atom is 0.131 e. The highest BCUT2D eigenvalue weighted by atomic mass is 19.1. The van der Waals surface area contributed by atoms with Crippen molar-refractivity contribution in [2.75, 3.05) is 7.05 Å². The van der Waals surface area contributed by atoms with Gasteiger partial charge >= 0.3 is 0 Å². The largest absolute Gasteiger partial charge is 0.487 e. The second kappa shape index (κ2) is 5.50. The summed E-state index contributed by atoms with van der Waals surface area (Å²) in [4.78, 5) is 0. The molecule has 0 radical (unpaired) electrons. The van der Waals surface area contributed by atoms with Crippen molar-refractivity contribution in [3.8, 4) is 5.75 Å². The van der Waals surface area contributed by atoms with E-state index in [0.29, 0.717) is 11.3 Å². The van der Waals surface area contributed by atoms with Gasteiger partial charge in [0.25, 0.3) is 0 Å². The van der Waals surface area contributed by atoms with Crippen LogP contribution in [0.15, 0.2) is 18.2 Å². The molecule has 0 aliphatic carbocycles. The van der Waals surface area contributed by atoms with Crippen molar-refractivity contribution < 1.29 is 9.13 Å². The van der Waals surface area contributed by atoms with Gasteiger partial charge in [-0.15, -0.1) is 0 Å². The third kappa shape index (κ3) is 3.43. The summed E-state index contributed by atoms with van der Waals surface area (Å²) in [5, 5.41) is 3.05. The molecule has 0 bridgehead atoms. The number of benzene rings is 1. The summed E-state index contributed by atoms with van der Waals surface area (Å²) in [7, 11) is 1.81. The Morgan fingerprint density at radius 1 is 1.41 bits per heavy atom. The number of ether oxygens (including phenoxy) is 1. The number of hydrogen-bond acceptors (Lipinski definition) is 2. The highest BCUT2D eigenvalue weighted by Crippen LogP contribution is 2.31. The SMILES string of the molecule is CCC(C)(C)Oc1cccc(F)c1C(C)NC. The van der Waals surface area contributed by atoms with Crippen LogP contribution in [0.5, 0.6) is 5.75 Å². The van der Waals surface area contributed by atoms with Crippen LogP contribution in [-0.2, 0) is 0 Å². The summed E-state index contributed by atoms with van der Waals surface area (Å²) in [6.45, 7) is 7.99. The molecule has 0 saturated heterocycles. The van der Waals surface area contributed by atoms with E-state index in [1.165, 1.54) is 6.07 Å². The first-order valence-electron chi connectivity index (χ1n) is 6.06. The van der Waals surface area contributed by atoms with E-state index in [1.807, 2.05) is 33.9 Å². The van der Waals surface area contributed by atoms with E-state index in [1.54, 1.807) is 6.07 Å². The Balaban J connectivity index is 3.11. The van der Waals surface area contributed by atoms with Crippen molar-refractivity contribution in [3.63, 3.8) is 0 Å². The fraction of sp³-hybridized carbons (Fsp3) is 0.571. The van der Waals surface area contributed by atoms with E-state index in [4.69, 9.17) is 4.74 Å². The first kappa shape index (κ1) is 14.0. The van der Waals surface area contributed by atoms with E-state index in [0.717, 1.165) is 6.42 Å². The van der Waals surface area contributed by atoms with Crippen LogP contribution >= 0.6 is 0 Å². The first-order valence-corrected chi connectivity index (χ1v) is 6.06. The van der Waals surface area contributed by atoms with Crippen LogP contribution < -0.4 is 10.1 Å². The number of halogens is 1. The van der Waals surface area contributed by atoms with E-state index < -0.39 is 0 Å². The second-order valence-corrected chi connectivity index (χ2v) is 4.88. The fourth-order valence-electron chi connectivity index (χ4n) is 1.54. The first-order chi connectivity index (χ1) is 7.91. The van der Waals surface area contributed by atoms with Crippen molar-refractivity contribution in [1.29, 1.82) is 0 Å². The van der Waals surface area contributed by atoms with Crippen LogP contribution in [0.3, 0.4) is 0 Å². The van der Waals surface area contributed by atoms with Gasteiger partial charge in [-0.3, -0.25) is 0 Å². The van der Waals surface area contributed by atoms with E-state index in [2.05, 4.69) is 12.2 Å². The Kier molecular flexibility index (Phi) is 4.52. The molecule has 0 aliphatic rings. The minimum Gasteiger partial charge on any atom is -0.487 e. The summed E-state index contributed by atoms with van der Waals surface area (Å²) in [5.74, 6) is 0.398. The molecule has 1 rings (SSSR count). The van der Waals surface area contributed by atoms with Crippen LogP contribution in [0, 0.1) is 5.82 Å². The predicted molar refractivity (Wildman–Crippen MR) is 68.9 cm³/mol. The molecule has 17 heavy (non-hydrogen) atoms. The molecule has 1 N–H and O–H groups in total. The highest BCUT2D eigenvalue weighted by Gasteiger charge is 2.22. The van der Waals surface area contributed by atoms with Gasteiger partial charge in [0, 0.05) is 11.6 Å². The Morgan fingerprint density at radius 2 is 2.06 bits per heavy atom. The normalized spacial score (nSPS) is 13.5. The third-order valence-corrected chi connectivity index (χ3v) is 3.12. The Bertz CT molecular complexity index is 376. The standard InChI is InChI=1S/C14H22FNO/c1-6-14(3,4)17-12-9-7-8-11(15)13(12)10(2)16-5/h7-10,16H,6H2,1-5H3. The minimum absolute atomic E-state index is 0.0705. The number of nitrogens with one attached hydrogen (secondary N) is 1. The van der Waals surface area contributed by atoms with Crippen LogP contribution in [0.25, 0.3) is 0 Å². The molecule has 1 aromatic carbocycles. The van der Waals surface area contributed by atoms with E-state index >= 15 is 0 Å². The van der Waals surface area contributed by atoms with E-state index in [9.17, 15) is 4.39 Å². The maximum absolute atomic E-state index is 13.8. The molecule has 2 nitrogen and oxygen atoms in total. The van der Waals surface area contributed by atoms with Crippen LogP contribution in [0.4, 0.5) is 4.39 Å². The second-order valence-electron chi connectivity index (χ2n) is 4.88. The summed E-state index contributed by atoms with van der Waals surface area (Å²) < 4.78 is 19.8. The van der Waals surface area contributed by atoms with Gasteiger partial charge in [0.2, 0.25) is 0 Å². The Hall–Kier alpha value is -1.09. The van der Waals surface area contributed by atoms with Crippen molar-refractivity contribution in [2.45, 2.75) is 45.8 Å². The zero-order valence-electron chi connectivity index (χ0n) is 11.3. The molecule has 0 saturated carbocycles. The highest BCUT2D eigenvalue weighted by molar-refractivity contribution is 5.37. The summed E-state index contributed by atoms with van der Waals surface area (Å²) in [5.41, 5.74) is 0.312. The molecule has 0 amide bonds. The van der Waals surface area contributed by atoms with Crippen LogP contribution in [0.2, 0.25) is 0 Å². The average Bonchev–Trinajstić information content (AvgIpc) is 2.28. The Morgan fingerprint density at radius 3 is 2.59 bits per heavy atom. The minimum atomic E-state index is -0.282. The van der Waals surface area contributed by atoms with Gasteiger partial charge in [0.1, 0.15) is 17.2 Å². The molecule has 1 unspecified atom stereocenters. The molecule has 0 spiro atoms. The van der Waals surface area contributed by atoms with Gasteiger partial charge in [0.05, 0.1) is 0 Å². The molecule has 0 aromatic heterocycles. The lowest BCUT2D eigenvalue weighted by Gasteiger charge is -2.27. The summed E-state index contributed by atoms with van der Waals surface area (Å²) >= 11 is 0. The van der Waals surface area contributed by atoms with Crippen LogP contribution in [0.1, 0.15) is 45.7 Å². The van der Waals surface area contributed by atoms with Gasteiger partial charge in [-0.05, 0) is 46.4 Å². The quantitative estimate of drug-likeness (QED) is 0.846. The molecule has 0 fully saturated rings. The van der Waals surface area contributed by atoms with Gasteiger partial charge < -0.3 is 10.1 Å². The topological polar surface area (TPSA) is 21.3 Å². The van der Waals surface area contributed by atoms with Crippen molar-refractivity contribution in [2.24, 2.45) is 0 Å². The molecular formula is C14H22FNO. The molecule has 96 valence electrons. The fourth-order valence-corrected chi connectivity index (χ4v) is 1.54. The lowest BCUT2D eigenvalue weighted by Crippen LogP contribution is -2.28. The zero-order chi connectivity index (χ0) is 13.1. The third-order valence-electron chi connectivity index (χ3n) is 3.12. The lowest BCUT2D eigenvalue weighted by atomic mass is 10.0. The van der Waals surface area contributed by atoms with Crippen molar-refractivity contribution >= 4 is 0 Å². The van der Waals surface area contributed by atoms with Gasteiger partial charge in [-0.2, -0.15) is 0 Å². The zero-order valence-corrected chi connectivity index (χ0v) is 11.3. The Labute approximate surface area is 103 Å². The smallest absolute Gasteiger partial charge is 0.131 e. The maximum atomic E-state index is 13.8. The van der Waals surface area contributed by atoms with E-state index in [-0.39, 0.29) is 17.5 Å². The molecule has 3 heteroatoms. The molecular weight excluding hydrogens is 217 g/mol. The summed E-state index contributed by atoms with van der Waals surface area (Å²) in [6, 6.07) is 4.90.